The SMILES string of the molecule is O=C(O[C@H]1[C@H](O)[C@@H](CO)OC[C@@H]1OC(=O)c1ccccc1)c1ccccc1. The molecule has 0 radical (unpaired) electrons. The van der Waals surface area contributed by atoms with Crippen molar-refractivity contribution in [3.8, 4) is 0 Å². The predicted octanol–water partition coefficient (Wildman–Crippen LogP) is 1.19. The highest BCUT2D eigenvalue weighted by molar-refractivity contribution is 5.90. The third-order valence-corrected chi connectivity index (χ3v) is 4.26. The largest absolute Gasteiger partial charge is 0.452 e. The first kappa shape index (κ1) is 19.0. The third-order valence-electron chi connectivity index (χ3n) is 4.26. The first-order valence-corrected chi connectivity index (χ1v) is 8.52. The van der Waals surface area contributed by atoms with Gasteiger partial charge >= 0.3 is 11.9 Å². The summed E-state index contributed by atoms with van der Waals surface area (Å²) in [6, 6.07) is 16.6. The van der Waals surface area contributed by atoms with Gasteiger partial charge in [0.2, 0.25) is 0 Å². The third kappa shape index (κ3) is 4.51. The second-order valence-corrected chi connectivity index (χ2v) is 6.09. The van der Waals surface area contributed by atoms with E-state index >= 15 is 0 Å². The summed E-state index contributed by atoms with van der Waals surface area (Å²) in [5.74, 6) is -1.29. The molecule has 0 amide bonds. The molecule has 7 heteroatoms. The van der Waals surface area contributed by atoms with E-state index in [1.807, 2.05) is 0 Å². The van der Waals surface area contributed by atoms with Gasteiger partial charge in [0.15, 0.2) is 12.2 Å². The number of carbonyl (C=O) groups is 2. The average molecular weight is 372 g/mol. The van der Waals surface area contributed by atoms with Gasteiger partial charge in [-0.3, -0.25) is 0 Å². The maximum Gasteiger partial charge on any atom is 0.338 e. The van der Waals surface area contributed by atoms with Crippen molar-refractivity contribution in [1.29, 1.82) is 0 Å². The highest BCUT2D eigenvalue weighted by Gasteiger charge is 2.44. The zero-order valence-electron chi connectivity index (χ0n) is 14.4. The molecule has 0 spiro atoms. The molecule has 2 N–H and O–H groups in total. The van der Waals surface area contributed by atoms with Gasteiger partial charge in [-0.05, 0) is 24.3 Å². The number of aliphatic hydroxyl groups is 2. The van der Waals surface area contributed by atoms with Crippen LogP contribution in [0.1, 0.15) is 20.7 Å². The van der Waals surface area contributed by atoms with Crippen molar-refractivity contribution in [1.82, 2.24) is 0 Å². The number of hydrogen-bond acceptors (Lipinski definition) is 7. The fraction of sp³-hybridized carbons (Fsp3) is 0.300. The number of esters is 2. The second kappa shape index (κ2) is 8.77. The molecular formula is C20H20O7. The Hall–Kier alpha value is -2.74. The topological polar surface area (TPSA) is 102 Å². The molecule has 0 aliphatic carbocycles. The van der Waals surface area contributed by atoms with E-state index < -0.39 is 43.0 Å². The van der Waals surface area contributed by atoms with Crippen LogP contribution in [0.2, 0.25) is 0 Å². The number of benzene rings is 2. The molecule has 0 unspecified atom stereocenters. The molecule has 2 aromatic rings. The van der Waals surface area contributed by atoms with Gasteiger partial charge in [-0.2, -0.15) is 0 Å². The zero-order valence-corrected chi connectivity index (χ0v) is 14.4. The smallest absolute Gasteiger partial charge is 0.338 e. The van der Waals surface area contributed by atoms with E-state index in [1.54, 1.807) is 60.7 Å². The molecule has 4 atom stereocenters. The van der Waals surface area contributed by atoms with Crippen LogP contribution >= 0.6 is 0 Å². The fourth-order valence-electron chi connectivity index (χ4n) is 2.80. The molecule has 1 fully saturated rings. The van der Waals surface area contributed by atoms with Crippen LogP contribution in [0.15, 0.2) is 60.7 Å². The van der Waals surface area contributed by atoms with E-state index in [0.29, 0.717) is 11.1 Å². The van der Waals surface area contributed by atoms with Crippen LogP contribution in [0.4, 0.5) is 0 Å². The Kier molecular flexibility index (Phi) is 6.18. The Bertz CT molecular complexity index is 762. The Morgan fingerprint density at radius 1 is 0.926 bits per heavy atom. The zero-order chi connectivity index (χ0) is 19.2. The fourth-order valence-corrected chi connectivity index (χ4v) is 2.80. The van der Waals surface area contributed by atoms with Crippen molar-refractivity contribution >= 4 is 11.9 Å². The number of rotatable bonds is 5. The van der Waals surface area contributed by atoms with Gasteiger partial charge in [-0.25, -0.2) is 9.59 Å². The van der Waals surface area contributed by atoms with Crippen LogP contribution in [-0.2, 0) is 14.2 Å². The van der Waals surface area contributed by atoms with Crippen LogP contribution in [0.25, 0.3) is 0 Å². The van der Waals surface area contributed by atoms with Gasteiger partial charge in [0.1, 0.15) is 12.2 Å². The lowest BCUT2D eigenvalue weighted by molar-refractivity contribution is -0.196. The van der Waals surface area contributed by atoms with E-state index in [0.717, 1.165) is 0 Å². The Morgan fingerprint density at radius 3 is 1.96 bits per heavy atom. The summed E-state index contributed by atoms with van der Waals surface area (Å²) in [4.78, 5) is 24.7. The molecule has 1 saturated heterocycles. The van der Waals surface area contributed by atoms with Crippen molar-refractivity contribution in [2.24, 2.45) is 0 Å². The molecule has 0 aromatic heterocycles. The van der Waals surface area contributed by atoms with Gasteiger partial charge in [-0.1, -0.05) is 36.4 Å². The van der Waals surface area contributed by atoms with Gasteiger partial charge in [0.25, 0.3) is 0 Å². The van der Waals surface area contributed by atoms with Crippen molar-refractivity contribution in [3.63, 3.8) is 0 Å². The molecule has 2 aromatic carbocycles. The summed E-state index contributed by atoms with van der Waals surface area (Å²) in [7, 11) is 0. The number of hydrogen-bond donors (Lipinski definition) is 2. The summed E-state index contributed by atoms with van der Waals surface area (Å²) in [5, 5.41) is 19.8. The molecule has 0 saturated carbocycles. The van der Waals surface area contributed by atoms with E-state index in [4.69, 9.17) is 14.2 Å². The molecule has 0 bridgehead atoms. The van der Waals surface area contributed by atoms with Gasteiger partial charge < -0.3 is 24.4 Å². The minimum Gasteiger partial charge on any atom is -0.452 e. The number of carbonyl (C=O) groups excluding carboxylic acids is 2. The molecular weight excluding hydrogens is 352 g/mol. The standard InChI is InChI=1S/C20H20O7/c21-11-15-17(22)18(27-20(24)14-9-5-2-6-10-14)16(12-25-15)26-19(23)13-7-3-1-4-8-13/h1-10,15-18,21-22H,11-12H2/t15-,16+,17-,18-/m1/s1. The van der Waals surface area contributed by atoms with Gasteiger partial charge in [-0.15, -0.1) is 0 Å². The van der Waals surface area contributed by atoms with Crippen molar-refractivity contribution in [3.05, 3.63) is 71.8 Å². The highest BCUT2D eigenvalue weighted by Crippen LogP contribution is 2.23. The van der Waals surface area contributed by atoms with Crippen LogP contribution < -0.4 is 0 Å². The van der Waals surface area contributed by atoms with Crippen molar-refractivity contribution < 1.29 is 34.0 Å². The Balaban J connectivity index is 1.76. The lowest BCUT2D eigenvalue weighted by Gasteiger charge is -2.38. The Morgan fingerprint density at radius 2 is 1.44 bits per heavy atom. The number of aliphatic hydroxyl groups excluding tert-OH is 2. The average Bonchev–Trinajstić information content (AvgIpc) is 2.72. The summed E-state index contributed by atoms with van der Waals surface area (Å²) in [6.07, 6.45) is -4.46. The van der Waals surface area contributed by atoms with Crippen LogP contribution in [-0.4, -0.2) is 59.8 Å². The normalized spacial score (nSPS) is 24.8. The first-order chi connectivity index (χ1) is 13.1. The summed E-state index contributed by atoms with van der Waals surface area (Å²) in [5.41, 5.74) is 0.620. The molecule has 27 heavy (non-hydrogen) atoms. The summed E-state index contributed by atoms with van der Waals surface area (Å²) >= 11 is 0. The molecule has 142 valence electrons. The van der Waals surface area contributed by atoms with Crippen molar-refractivity contribution in [2.75, 3.05) is 13.2 Å². The van der Waals surface area contributed by atoms with E-state index in [1.165, 1.54) is 0 Å². The summed E-state index contributed by atoms with van der Waals surface area (Å²) in [6.45, 7) is -0.576. The lowest BCUT2D eigenvalue weighted by Crippen LogP contribution is -2.57. The molecule has 7 nitrogen and oxygen atoms in total. The Labute approximate surface area is 156 Å². The van der Waals surface area contributed by atoms with Crippen LogP contribution in [0.5, 0.6) is 0 Å². The maximum atomic E-state index is 12.4. The second-order valence-electron chi connectivity index (χ2n) is 6.09. The van der Waals surface area contributed by atoms with Gasteiger partial charge in [0.05, 0.1) is 24.3 Å². The molecule has 3 rings (SSSR count). The van der Waals surface area contributed by atoms with Crippen molar-refractivity contribution in [2.45, 2.75) is 24.4 Å². The van der Waals surface area contributed by atoms with E-state index in [9.17, 15) is 19.8 Å². The maximum absolute atomic E-state index is 12.4. The molecule has 1 aliphatic heterocycles. The van der Waals surface area contributed by atoms with E-state index in [2.05, 4.69) is 0 Å². The van der Waals surface area contributed by atoms with Gasteiger partial charge in [0, 0.05) is 0 Å². The molecule has 1 aliphatic rings. The predicted molar refractivity (Wildman–Crippen MR) is 94.1 cm³/mol. The van der Waals surface area contributed by atoms with E-state index in [-0.39, 0.29) is 6.61 Å². The quantitative estimate of drug-likeness (QED) is 0.760. The minimum absolute atomic E-state index is 0.117. The number of ether oxygens (including phenoxy) is 3. The van der Waals surface area contributed by atoms with Crippen LogP contribution in [0, 0.1) is 0 Å². The minimum atomic E-state index is -1.34. The monoisotopic (exact) mass is 372 g/mol. The highest BCUT2D eigenvalue weighted by atomic mass is 16.6. The lowest BCUT2D eigenvalue weighted by atomic mass is 9.99. The summed E-state index contributed by atoms with van der Waals surface area (Å²) < 4.78 is 16.2. The van der Waals surface area contributed by atoms with Crippen LogP contribution in [0.3, 0.4) is 0 Å². The molecule has 1 heterocycles. The first-order valence-electron chi connectivity index (χ1n) is 8.52.